The molecule has 0 saturated carbocycles. The zero-order valence-corrected chi connectivity index (χ0v) is 17.1. The lowest BCUT2D eigenvalue weighted by Gasteiger charge is -2.47. The van der Waals surface area contributed by atoms with Gasteiger partial charge in [0.1, 0.15) is 24.4 Å². The summed E-state index contributed by atoms with van der Waals surface area (Å²) in [7, 11) is 1.35. The Bertz CT molecular complexity index is 920. The second-order valence-electron chi connectivity index (χ2n) is 7.74. The van der Waals surface area contributed by atoms with E-state index in [1.165, 1.54) is 32.2 Å². The van der Waals surface area contributed by atoms with Crippen LogP contribution in [-0.4, -0.2) is 68.3 Å². The van der Waals surface area contributed by atoms with Crippen LogP contribution in [0.5, 0.6) is 5.75 Å². The summed E-state index contributed by atoms with van der Waals surface area (Å²) in [6.07, 6.45) is -7.98. The summed E-state index contributed by atoms with van der Waals surface area (Å²) in [5, 5.41) is 61.8. The number of halogens is 1. The third-order valence-corrected chi connectivity index (χ3v) is 5.56. The van der Waals surface area contributed by atoms with Crippen molar-refractivity contribution in [3.8, 4) is 5.75 Å². The van der Waals surface area contributed by atoms with E-state index >= 15 is 0 Å². The number of aliphatic hydroxyl groups excluding tert-OH is 5. The van der Waals surface area contributed by atoms with Gasteiger partial charge in [-0.25, -0.2) is 4.39 Å². The fourth-order valence-corrected chi connectivity index (χ4v) is 3.82. The van der Waals surface area contributed by atoms with Gasteiger partial charge >= 0.3 is 0 Å². The molecule has 1 saturated heterocycles. The summed E-state index contributed by atoms with van der Waals surface area (Å²) in [4.78, 5) is 0. The smallest absolute Gasteiger partial charge is 0.222 e. The van der Waals surface area contributed by atoms with Crippen molar-refractivity contribution in [1.82, 2.24) is 0 Å². The minimum Gasteiger partial charge on any atom is -0.494 e. The van der Waals surface area contributed by atoms with Crippen LogP contribution in [0, 0.1) is 5.82 Å². The quantitative estimate of drug-likeness (QED) is 0.368. The maximum absolute atomic E-state index is 14.1. The highest BCUT2D eigenvalue weighted by molar-refractivity contribution is 5.41. The summed E-state index contributed by atoms with van der Waals surface area (Å²) >= 11 is 0. The standard InChI is InChI=1S/C22H27FO8/c1-11(25)20-18(26)19(27)21(28)22(29,31-20)15-8-13(10-24)3-5-14(15)7-12-4-6-17(30-2)16(23)9-12/h3-6,8-9,11,18-21,24-29H,7,10H2,1-2H3/t11-,18-,19-,20+,21+,22+/m0/s1. The molecule has 1 aliphatic rings. The number of ether oxygens (including phenoxy) is 2. The first-order valence-corrected chi connectivity index (χ1v) is 9.80. The van der Waals surface area contributed by atoms with E-state index in [9.17, 15) is 35.0 Å². The van der Waals surface area contributed by atoms with Crippen molar-refractivity contribution in [2.24, 2.45) is 0 Å². The Labute approximate surface area is 178 Å². The van der Waals surface area contributed by atoms with Gasteiger partial charge in [0.05, 0.1) is 19.8 Å². The highest BCUT2D eigenvalue weighted by Crippen LogP contribution is 2.40. The number of rotatable bonds is 6. The van der Waals surface area contributed by atoms with Gasteiger partial charge in [0.2, 0.25) is 5.79 Å². The van der Waals surface area contributed by atoms with Gasteiger partial charge in [-0.2, -0.15) is 0 Å². The lowest BCUT2D eigenvalue weighted by atomic mass is 9.83. The van der Waals surface area contributed by atoms with Gasteiger partial charge in [-0.3, -0.25) is 0 Å². The number of hydrogen-bond donors (Lipinski definition) is 6. The van der Waals surface area contributed by atoms with Crippen LogP contribution in [0.15, 0.2) is 36.4 Å². The first kappa shape index (κ1) is 23.6. The maximum atomic E-state index is 14.1. The fourth-order valence-electron chi connectivity index (χ4n) is 3.82. The Kier molecular flexibility index (Phi) is 6.97. The largest absolute Gasteiger partial charge is 0.494 e. The summed E-state index contributed by atoms with van der Waals surface area (Å²) in [6.45, 7) is 0.936. The molecule has 0 amide bonds. The molecule has 2 aromatic rings. The van der Waals surface area contributed by atoms with Crippen LogP contribution in [0.1, 0.15) is 29.2 Å². The van der Waals surface area contributed by atoms with Crippen LogP contribution >= 0.6 is 0 Å². The molecule has 0 aromatic heterocycles. The predicted molar refractivity (Wildman–Crippen MR) is 107 cm³/mol. The van der Waals surface area contributed by atoms with Crippen molar-refractivity contribution in [2.45, 2.75) is 56.3 Å². The first-order valence-electron chi connectivity index (χ1n) is 9.80. The van der Waals surface area contributed by atoms with E-state index in [0.29, 0.717) is 16.7 Å². The number of aliphatic hydroxyl groups is 6. The Morgan fingerprint density at radius 1 is 1.10 bits per heavy atom. The molecular formula is C22H27FO8. The van der Waals surface area contributed by atoms with Gasteiger partial charge < -0.3 is 40.1 Å². The van der Waals surface area contributed by atoms with Crippen molar-refractivity contribution in [3.05, 3.63) is 64.5 Å². The summed E-state index contributed by atoms with van der Waals surface area (Å²) in [5.41, 5.74) is 1.34. The number of hydrogen-bond acceptors (Lipinski definition) is 8. The molecule has 0 radical (unpaired) electrons. The zero-order valence-electron chi connectivity index (χ0n) is 17.1. The summed E-state index contributed by atoms with van der Waals surface area (Å²) < 4.78 is 24.6. The van der Waals surface area contributed by atoms with E-state index in [-0.39, 0.29) is 24.3 Å². The van der Waals surface area contributed by atoms with Gasteiger partial charge in [-0.15, -0.1) is 0 Å². The fraction of sp³-hybridized carbons (Fsp3) is 0.455. The van der Waals surface area contributed by atoms with Crippen molar-refractivity contribution < 1.29 is 44.5 Å². The van der Waals surface area contributed by atoms with Crippen LogP contribution in [0.2, 0.25) is 0 Å². The second kappa shape index (κ2) is 9.17. The Hall–Kier alpha value is -2.11. The highest BCUT2D eigenvalue weighted by atomic mass is 19.1. The van der Waals surface area contributed by atoms with Crippen molar-refractivity contribution in [3.63, 3.8) is 0 Å². The molecule has 1 heterocycles. The molecule has 0 bridgehead atoms. The average Bonchev–Trinajstić information content (AvgIpc) is 2.75. The molecule has 0 unspecified atom stereocenters. The Morgan fingerprint density at radius 3 is 2.35 bits per heavy atom. The first-order chi connectivity index (χ1) is 14.6. The van der Waals surface area contributed by atoms with Gasteiger partial charge in [-0.05, 0) is 48.2 Å². The van der Waals surface area contributed by atoms with Crippen LogP contribution in [0.3, 0.4) is 0 Å². The van der Waals surface area contributed by atoms with Gasteiger partial charge in [0, 0.05) is 5.56 Å². The maximum Gasteiger partial charge on any atom is 0.222 e. The molecule has 0 aliphatic carbocycles. The van der Waals surface area contributed by atoms with Crippen molar-refractivity contribution in [1.29, 1.82) is 0 Å². The molecule has 1 aliphatic heterocycles. The monoisotopic (exact) mass is 438 g/mol. The SMILES string of the molecule is COc1ccc(Cc2ccc(CO)cc2[C@@]2(O)O[C@H]([C@H](C)O)[C@@H](O)[C@H](O)[C@H]2O)cc1F. The minimum absolute atomic E-state index is 0.0133. The van der Waals surface area contributed by atoms with Gasteiger partial charge in [0.15, 0.2) is 11.6 Å². The third-order valence-electron chi connectivity index (χ3n) is 5.56. The highest BCUT2D eigenvalue weighted by Gasteiger charge is 2.55. The van der Waals surface area contributed by atoms with Crippen LogP contribution in [0.25, 0.3) is 0 Å². The molecule has 3 rings (SSSR count). The Morgan fingerprint density at radius 2 is 1.77 bits per heavy atom. The van der Waals surface area contributed by atoms with Crippen LogP contribution in [-0.2, 0) is 23.6 Å². The summed E-state index contributed by atoms with van der Waals surface area (Å²) in [6, 6.07) is 8.91. The van der Waals surface area contributed by atoms with Crippen LogP contribution in [0.4, 0.5) is 4.39 Å². The van der Waals surface area contributed by atoms with E-state index < -0.39 is 42.1 Å². The third kappa shape index (κ3) is 4.44. The molecule has 170 valence electrons. The van der Waals surface area contributed by atoms with Crippen molar-refractivity contribution in [2.75, 3.05) is 7.11 Å². The lowest BCUT2D eigenvalue weighted by Crippen LogP contribution is -2.65. The second-order valence-corrected chi connectivity index (χ2v) is 7.74. The van der Waals surface area contributed by atoms with Gasteiger partial charge in [0.25, 0.3) is 0 Å². The van der Waals surface area contributed by atoms with Gasteiger partial charge in [-0.1, -0.05) is 18.2 Å². The molecule has 31 heavy (non-hydrogen) atoms. The van der Waals surface area contributed by atoms with E-state index in [1.54, 1.807) is 18.2 Å². The van der Waals surface area contributed by atoms with E-state index in [0.717, 1.165) is 0 Å². The number of benzene rings is 2. The molecule has 0 spiro atoms. The van der Waals surface area contributed by atoms with Crippen LogP contribution < -0.4 is 4.74 Å². The van der Waals surface area contributed by atoms with E-state index in [1.807, 2.05) is 0 Å². The Balaban J connectivity index is 2.07. The average molecular weight is 438 g/mol. The van der Waals surface area contributed by atoms with E-state index in [2.05, 4.69) is 0 Å². The van der Waals surface area contributed by atoms with E-state index in [4.69, 9.17) is 9.47 Å². The molecule has 6 N–H and O–H groups in total. The predicted octanol–water partition coefficient (Wildman–Crippen LogP) is -0.0752. The molecular weight excluding hydrogens is 411 g/mol. The summed E-state index contributed by atoms with van der Waals surface area (Å²) in [5.74, 6) is -3.01. The topological polar surface area (TPSA) is 140 Å². The lowest BCUT2D eigenvalue weighted by molar-refractivity contribution is -0.364. The number of methoxy groups -OCH3 is 1. The zero-order chi connectivity index (χ0) is 22.9. The molecule has 8 nitrogen and oxygen atoms in total. The molecule has 2 aromatic carbocycles. The normalized spacial score (nSPS) is 29.6. The molecule has 1 fully saturated rings. The van der Waals surface area contributed by atoms with Crippen molar-refractivity contribution >= 4 is 0 Å². The molecule has 9 heteroatoms. The minimum atomic E-state index is -2.51. The molecule has 6 atom stereocenters.